The average molecular weight is 368 g/mol. The zero-order chi connectivity index (χ0) is 19.8. The van der Waals surface area contributed by atoms with Crippen molar-refractivity contribution in [1.29, 1.82) is 0 Å². The third kappa shape index (κ3) is 5.70. The van der Waals surface area contributed by atoms with E-state index in [1.54, 1.807) is 20.2 Å². The summed E-state index contributed by atoms with van der Waals surface area (Å²) in [4.78, 5) is 18.0. The highest BCUT2D eigenvalue weighted by Crippen LogP contribution is 2.17. The van der Waals surface area contributed by atoms with Crippen LogP contribution in [0.3, 0.4) is 0 Å². The molecule has 0 saturated heterocycles. The van der Waals surface area contributed by atoms with Crippen LogP contribution in [0.5, 0.6) is 0 Å². The number of rotatable bonds is 7. The summed E-state index contributed by atoms with van der Waals surface area (Å²) in [5, 5.41) is 10.8. The fraction of sp³-hybridized carbons (Fsp3) is 0.350. The van der Waals surface area contributed by atoms with Gasteiger partial charge in [0, 0.05) is 26.3 Å². The molecule has 0 radical (unpaired) electrons. The molecule has 2 N–H and O–H groups in total. The van der Waals surface area contributed by atoms with Gasteiger partial charge in [0.15, 0.2) is 5.96 Å². The summed E-state index contributed by atoms with van der Waals surface area (Å²) in [6.45, 7) is 8.91. The quantitative estimate of drug-likeness (QED) is 0.444. The van der Waals surface area contributed by atoms with Crippen LogP contribution in [0.2, 0.25) is 0 Å². The Kier molecular flexibility index (Phi) is 7.16. The zero-order valence-corrected chi connectivity index (χ0v) is 16.5. The first-order chi connectivity index (χ1) is 12.9. The molecule has 27 heavy (non-hydrogen) atoms. The highest BCUT2D eigenvalue weighted by Gasteiger charge is 2.09. The Morgan fingerprint density at radius 1 is 1.30 bits per heavy atom. The molecule has 144 valence electrons. The van der Waals surface area contributed by atoms with E-state index >= 15 is 0 Å². The molecule has 7 heteroatoms. The maximum Gasteiger partial charge on any atom is 0.241 e. The van der Waals surface area contributed by atoms with E-state index in [1.807, 2.05) is 48.9 Å². The Morgan fingerprint density at radius 2 is 2.04 bits per heavy atom. The number of nitrogens with one attached hydrogen (secondary N) is 2. The predicted octanol–water partition coefficient (Wildman–Crippen LogP) is 1.80. The summed E-state index contributed by atoms with van der Waals surface area (Å²) in [6, 6.07) is 10.1. The molecule has 0 aliphatic carbocycles. The minimum absolute atomic E-state index is 0.0221. The Morgan fingerprint density at radius 3 is 2.67 bits per heavy atom. The minimum atomic E-state index is -0.0221. The Balaban J connectivity index is 2.20. The van der Waals surface area contributed by atoms with Gasteiger partial charge in [-0.15, -0.1) is 6.58 Å². The fourth-order valence-electron chi connectivity index (χ4n) is 2.55. The summed E-state index contributed by atoms with van der Waals surface area (Å²) >= 11 is 0. The molecule has 2 aromatic rings. The second-order valence-electron chi connectivity index (χ2n) is 6.44. The van der Waals surface area contributed by atoms with Gasteiger partial charge in [-0.25, -0.2) is 9.67 Å². The highest BCUT2D eigenvalue weighted by molar-refractivity contribution is 5.86. The maximum absolute atomic E-state index is 11.8. The molecule has 7 nitrogen and oxygen atoms in total. The molecule has 1 heterocycles. The lowest BCUT2D eigenvalue weighted by molar-refractivity contribution is -0.127. The van der Waals surface area contributed by atoms with Gasteiger partial charge >= 0.3 is 0 Å². The summed E-state index contributed by atoms with van der Waals surface area (Å²) in [5.74, 6) is 0.541. The van der Waals surface area contributed by atoms with E-state index in [0.29, 0.717) is 19.0 Å². The molecule has 1 amide bonds. The van der Waals surface area contributed by atoms with Gasteiger partial charge in [-0.3, -0.25) is 4.79 Å². The summed E-state index contributed by atoms with van der Waals surface area (Å²) in [5.41, 5.74) is 4.09. The second-order valence-corrected chi connectivity index (χ2v) is 6.44. The predicted molar refractivity (Wildman–Crippen MR) is 109 cm³/mol. The molecule has 0 aliphatic heterocycles. The number of hydrogen-bond acceptors (Lipinski definition) is 3. The van der Waals surface area contributed by atoms with E-state index in [9.17, 15) is 4.79 Å². The normalized spacial score (nSPS) is 11.2. The number of aliphatic imine (C=N–C) groups is 1. The number of carbonyl (C=O) groups excluding carboxylic acids is 1. The van der Waals surface area contributed by atoms with Crippen molar-refractivity contribution in [2.75, 3.05) is 27.2 Å². The highest BCUT2D eigenvalue weighted by atomic mass is 16.2. The van der Waals surface area contributed by atoms with Crippen LogP contribution in [0.4, 0.5) is 0 Å². The average Bonchev–Trinajstić information content (AvgIpc) is 2.99. The number of benzene rings is 1. The van der Waals surface area contributed by atoms with Crippen LogP contribution >= 0.6 is 0 Å². The number of carbonyl (C=O) groups is 1. The number of hydrogen-bond donors (Lipinski definition) is 2. The van der Waals surface area contributed by atoms with Crippen LogP contribution < -0.4 is 10.6 Å². The molecule has 2 rings (SSSR count). The topological polar surface area (TPSA) is 74.5 Å². The van der Waals surface area contributed by atoms with Gasteiger partial charge < -0.3 is 15.5 Å². The van der Waals surface area contributed by atoms with Crippen molar-refractivity contribution in [3.63, 3.8) is 0 Å². The smallest absolute Gasteiger partial charge is 0.241 e. The Bertz CT molecular complexity index is 822. The minimum Gasteiger partial charge on any atom is -0.353 e. The van der Waals surface area contributed by atoms with Crippen molar-refractivity contribution >= 4 is 11.9 Å². The first kappa shape index (κ1) is 20.2. The van der Waals surface area contributed by atoms with Crippen LogP contribution in [0.25, 0.3) is 5.69 Å². The van der Waals surface area contributed by atoms with Crippen LogP contribution in [0.1, 0.15) is 17.0 Å². The van der Waals surface area contributed by atoms with Crippen molar-refractivity contribution in [2.45, 2.75) is 20.4 Å². The molecule has 1 aromatic carbocycles. The molecular weight excluding hydrogens is 340 g/mol. The number of nitrogens with zero attached hydrogens (tertiary/aromatic N) is 4. The summed E-state index contributed by atoms with van der Waals surface area (Å²) in [6.07, 6.45) is 1.74. The zero-order valence-electron chi connectivity index (χ0n) is 16.5. The molecule has 0 unspecified atom stereocenters. The number of aryl methyl sites for hydroxylation is 2. The molecule has 0 spiro atoms. The molecular formula is C20H28N6O. The standard InChI is InChI=1S/C20H28N6O/c1-6-11-21-20(23-14-19(27)25(4)5)22-13-17-9-7-8-10-18(17)26-16(3)12-15(2)24-26/h6-10,12H,1,11,13-14H2,2-5H3,(H2,21,22,23). The van der Waals surface area contributed by atoms with E-state index in [4.69, 9.17) is 0 Å². The second kappa shape index (κ2) is 9.56. The fourth-order valence-corrected chi connectivity index (χ4v) is 2.55. The van der Waals surface area contributed by atoms with Crippen molar-refractivity contribution in [1.82, 2.24) is 25.3 Å². The van der Waals surface area contributed by atoms with E-state index in [1.165, 1.54) is 4.90 Å². The Labute approximate surface area is 160 Å². The SMILES string of the molecule is C=CCNC(=NCc1ccccc1-n1nc(C)cc1C)NCC(=O)N(C)C. The summed E-state index contributed by atoms with van der Waals surface area (Å²) in [7, 11) is 3.45. The maximum atomic E-state index is 11.8. The molecule has 1 aromatic heterocycles. The Hall–Kier alpha value is -3.09. The van der Waals surface area contributed by atoms with Crippen molar-refractivity contribution in [2.24, 2.45) is 4.99 Å². The van der Waals surface area contributed by atoms with Gasteiger partial charge in [-0.05, 0) is 31.5 Å². The van der Waals surface area contributed by atoms with Crippen LogP contribution in [0.15, 0.2) is 48.0 Å². The number of amides is 1. The van der Waals surface area contributed by atoms with Gasteiger partial charge in [0.05, 0.1) is 24.5 Å². The van der Waals surface area contributed by atoms with Crippen LogP contribution in [-0.4, -0.2) is 53.7 Å². The van der Waals surface area contributed by atoms with E-state index in [-0.39, 0.29) is 12.5 Å². The molecule has 0 bridgehead atoms. The van der Waals surface area contributed by atoms with Crippen LogP contribution in [0, 0.1) is 13.8 Å². The first-order valence-electron chi connectivity index (χ1n) is 8.87. The molecule has 0 atom stereocenters. The van der Waals surface area contributed by atoms with Gasteiger partial charge in [-0.1, -0.05) is 24.3 Å². The van der Waals surface area contributed by atoms with Gasteiger partial charge in [0.1, 0.15) is 0 Å². The summed E-state index contributed by atoms with van der Waals surface area (Å²) < 4.78 is 1.93. The van der Waals surface area contributed by atoms with E-state index in [0.717, 1.165) is 22.6 Å². The van der Waals surface area contributed by atoms with Crippen molar-refractivity contribution < 1.29 is 4.79 Å². The van der Waals surface area contributed by atoms with Gasteiger partial charge in [0.2, 0.25) is 5.91 Å². The van der Waals surface area contributed by atoms with E-state index < -0.39 is 0 Å². The van der Waals surface area contributed by atoms with E-state index in [2.05, 4.69) is 27.3 Å². The van der Waals surface area contributed by atoms with Crippen LogP contribution in [-0.2, 0) is 11.3 Å². The monoisotopic (exact) mass is 368 g/mol. The largest absolute Gasteiger partial charge is 0.353 e. The lowest BCUT2D eigenvalue weighted by Gasteiger charge is -2.15. The van der Waals surface area contributed by atoms with Gasteiger partial charge in [0.25, 0.3) is 0 Å². The number of aromatic nitrogens is 2. The first-order valence-corrected chi connectivity index (χ1v) is 8.87. The number of likely N-dealkylation sites (N-methyl/N-ethyl adjacent to an activating group) is 1. The number of guanidine groups is 1. The third-order valence-corrected chi connectivity index (χ3v) is 3.96. The lowest BCUT2D eigenvalue weighted by Crippen LogP contribution is -2.43. The number of para-hydroxylation sites is 1. The molecule has 0 fully saturated rings. The molecule has 0 saturated carbocycles. The molecule has 0 aliphatic rings. The van der Waals surface area contributed by atoms with Crippen molar-refractivity contribution in [3.05, 3.63) is 59.9 Å². The third-order valence-electron chi connectivity index (χ3n) is 3.96. The lowest BCUT2D eigenvalue weighted by atomic mass is 10.2. The van der Waals surface area contributed by atoms with Crippen molar-refractivity contribution in [3.8, 4) is 5.69 Å². The van der Waals surface area contributed by atoms with Gasteiger partial charge in [-0.2, -0.15) is 5.10 Å².